The van der Waals surface area contributed by atoms with Gasteiger partial charge in [0.2, 0.25) is 0 Å². The number of quaternary nitrogens is 1. The quantitative estimate of drug-likeness (QED) is 0.292. The second-order valence-corrected chi connectivity index (χ2v) is 14.0. The number of fused-ring (bicyclic) bond motifs is 6. The highest BCUT2D eigenvalue weighted by Crippen LogP contribution is 2.43. The minimum Gasteiger partial charge on any atom is -0.281 e. The molecule has 0 atom stereocenters. The summed E-state index contributed by atoms with van der Waals surface area (Å²) >= 11 is 15.4. The van der Waals surface area contributed by atoms with E-state index in [2.05, 4.69) is 120 Å². The Morgan fingerprint density at radius 3 is 1.77 bits per heavy atom. The zero-order valence-electron chi connectivity index (χ0n) is 25.7. The maximum Gasteiger partial charge on any atom is 0.144 e. The number of aryl methyl sites for hydroxylation is 6. The molecule has 4 heterocycles. The molecule has 44 heavy (non-hydrogen) atoms. The molecule has 2 nitrogen and oxygen atoms in total. The number of nitrogens with zero attached hydrogens (tertiary/aromatic N) is 1. The first kappa shape index (κ1) is 29.0. The molecule has 0 amide bonds. The SMILES string of the molecule is Cc1cc(C)c(C2=C3C=CC(=N3)C=C3C=C(C=C4C=CC(=C(c5c(C)cc(C)cc5C)c5ccc2s5)[NH2+]4)C(Cl)=C3Cl)c(C)c1. The van der Waals surface area contributed by atoms with Crippen LogP contribution in [0.4, 0.5) is 0 Å². The molecule has 2 N–H and O–H groups in total. The summed E-state index contributed by atoms with van der Waals surface area (Å²) in [7, 11) is 0. The van der Waals surface area contributed by atoms with E-state index in [4.69, 9.17) is 28.2 Å². The van der Waals surface area contributed by atoms with Gasteiger partial charge in [-0.05, 0) is 117 Å². The molecule has 0 saturated carbocycles. The van der Waals surface area contributed by atoms with E-state index in [0.717, 1.165) is 33.8 Å². The lowest BCUT2D eigenvalue weighted by Crippen LogP contribution is -2.77. The third kappa shape index (κ3) is 4.98. The molecular formula is C39H33Cl2N2S+. The van der Waals surface area contributed by atoms with Gasteiger partial charge in [-0.3, -0.25) is 5.32 Å². The van der Waals surface area contributed by atoms with Crippen molar-refractivity contribution in [3.8, 4) is 0 Å². The van der Waals surface area contributed by atoms with Gasteiger partial charge in [0.15, 0.2) is 0 Å². The molecule has 0 unspecified atom stereocenters. The molecule has 3 aromatic rings. The zero-order valence-corrected chi connectivity index (χ0v) is 28.0. The molecule has 7 rings (SSSR count). The van der Waals surface area contributed by atoms with Crippen LogP contribution in [-0.4, -0.2) is 5.71 Å². The van der Waals surface area contributed by atoms with E-state index < -0.39 is 0 Å². The average molecular weight is 633 g/mol. The molecule has 0 fully saturated rings. The maximum atomic E-state index is 6.79. The fraction of sp³-hybridized carbons (Fsp3) is 0.154. The lowest BCUT2D eigenvalue weighted by Gasteiger charge is -2.16. The van der Waals surface area contributed by atoms with Crippen molar-refractivity contribution in [3.05, 3.63) is 171 Å². The van der Waals surface area contributed by atoms with Crippen LogP contribution in [0.15, 0.2) is 122 Å². The first-order valence-corrected chi connectivity index (χ1v) is 16.4. The third-order valence-electron chi connectivity index (χ3n) is 8.57. The van der Waals surface area contributed by atoms with Gasteiger partial charge in [0.25, 0.3) is 0 Å². The van der Waals surface area contributed by atoms with Crippen LogP contribution >= 0.6 is 34.5 Å². The Morgan fingerprint density at radius 1 is 0.614 bits per heavy atom. The number of allylic oxidation sites excluding steroid dienone is 11. The summed E-state index contributed by atoms with van der Waals surface area (Å²) in [5, 5.41) is 3.38. The van der Waals surface area contributed by atoms with E-state index >= 15 is 0 Å². The molecule has 0 spiro atoms. The Bertz CT molecular complexity index is 2050. The number of hydrogen-bond donors (Lipinski definition) is 1. The number of aliphatic imine (C=N–C) groups is 1. The van der Waals surface area contributed by atoms with Gasteiger partial charge in [-0.2, -0.15) is 0 Å². The fourth-order valence-electron chi connectivity index (χ4n) is 6.94. The van der Waals surface area contributed by atoms with Crippen molar-refractivity contribution >= 4 is 51.4 Å². The summed E-state index contributed by atoms with van der Waals surface area (Å²) in [4.78, 5) is 7.59. The summed E-state index contributed by atoms with van der Waals surface area (Å²) in [6, 6.07) is 13.7. The number of nitrogens with two attached hydrogens (primary N) is 1. The first-order chi connectivity index (χ1) is 21.1. The molecule has 0 saturated heterocycles. The van der Waals surface area contributed by atoms with Gasteiger partial charge in [-0.1, -0.05) is 58.6 Å². The van der Waals surface area contributed by atoms with Crippen LogP contribution in [-0.2, 0) is 0 Å². The van der Waals surface area contributed by atoms with Crippen molar-refractivity contribution in [1.82, 2.24) is 0 Å². The van der Waals surface area contributed by atoms with E-state index in [1.54, 1.807) is 0 Å². The van der Waals surface area contributed by atoms with Gasteiger partial charge in [0, 0.05) is 39.1 Å². The predicted octanol–water partition coefficient (Wildman–Crippen LogP) is 9.71. The van der Waals surface area contributed by atoms with Crippen LogP contribution < -0.4 is 5.32 Å². The van der Waals surface area contributed by atoms with Gasteiger partial charge in [-0.25, -0.2) is 4.99 Å². The zero-order chi connectivity index (χ0) is 30.9. The lowest BCUT2D eigenvalue weighted by atomic mass is 9.91. The number of thiophene rings is 1. The van der Waals surface area contributed by atoms with E-state index in [0.29, 0.717) is 10.1 Å². The highest BCUT2D eigenvalue weighted by Gasteiger charge is 2.27. The smallest absolute Gasteiger partial charge is 0.144 e. The normalized spacial score (nSPS) is 17.5. The maximum absolute atomic E-state index is 6.79. The summed E-state index contributed by atoms with van der Waals surface area (Å²) in [5.74, 6) is 0. The molecule has 1 aromatic heterocycles. The van der Waals surface area contributed by atoms with Crippen molar-refractivity contribution in [2.75, 3.05) is 0 Å². The van der Waals surface area contributed by atoms with Crippen LogP contribution in [0.5, 0.6) is 0 Å². The van der Waals surface area contributed by atoms with Crippen molar-refractivity contribution in [2.24, 2.45) is 4.99 Å². The highest BCUT2D eigenvalue weighted by atomic mass is 35.5. The van der Waals surface area contributed by atoms with E-state index in [1.165, 1.54) is 65.5 Å². The van der Waals surface area contributed by atoms with E-state index in [9.17, 15) is 0 Å². The summed E-state index contributed by atoms with van der Waals surface area (Å²) in [6.07, 6.45) is 14.8. The lowest BCUT2D eigenvalue weighted by molar-refractivity contribution is -0.538. The first-order valence-electron chi connectivity index (χ1n) is 14.8. The van der Waals surface area contributed by atoms with Crippen LogP contribution in [0.3, 0.4) is 0 Å². The Labute approximate surface area is 273 Å². The minimum absolute atomic E-state index is 0.550. The Hall–Kier alpha value is -3.73. The fourth-order valence-corrected chi connectivity index (χ4v) is 8.52. The van der Waals surface area contributed by atoms with Crippen LogP contribution in [0, 0.1) is 41.5 Å². The van der Waals surface area contributed by atoms with Gasteiger partial charge in [-0.15, -0.1) is 11.3 Å². The number of halogens is 2. The number of rotatable bonds is 2. The predicted molar refractivity (Wildman–Crippen MR) is 188 cm³/mol. The van der Waals surface area contributed by atoms with Crippen molar-refractivity contribution in [3.63, 3.8) is 0 Å². The second-order valence-electron chi connectivity index (χ2n) is 12.1. The van der Waals surface area contributed by atoms with Crippen molar-refractivity contribution in [2.45, 2.75) is 41.5 Å². The molecule has 2 aromatic carbocycles. The summed E-state index contributed by atoms with van der Waals surface area (Å²) < 4.78 is 0. The average Bonchev–Trinajstić information content (AvgIpc) is 3.75. The monoisotopic (exact) mass is 631 g/mol. The van der Waals surface area contributed by atoms with Crippen LogP contribution in [0.1, 0.15) is 54.3 Å². The molecule has 3 aliphatic heterocycles. The molecule has 4 aliphatic rings. The minimum atomic E-state index is 0.550. The largest absolute Gasteiger partial charge is 0.281 e. The summed E-state index contributed by atoms with van der Waals surface area (Å²) in [6.45, 7) is 13.2. The van der Waals surface area contributed by atoms with Gasteiger partial charge >= 0.3 is 0 Å². The molecule has 0 radical (unpaired) electrons. The van der Waals surface area contributed by atoms with Crippen molar-refractivity contribution < 1.29 is 5.32 Å². The Morgan fingerprint density at radius 2 is 1.16 bits per heavy atom. The molecular weight excluding hydrogens is 599 g/mol. The third-order valence-corrected chi connectivity index (χ3v) is 10.6. The van der Waals surface area contributed by atoms with E-state index in [-0.39, 0.29) is 0 Å². The van der Waals surface area contributed by atoms with E-state index in [1.807, 2.05) is 17.4 Å². The molecule has 5 heteroatoms. The topological polar surface area (TPSA) is 29.0 Å². The molecule has 1 aliphatic carbocycles. The standard InChI is InChI=1S/C39H32Cl2N2S/c1-20-13-22(3)34(23(4)14-20)36-30-9-7-28(42-30)18-26-17-27(39(41)38(26)40)19-29-8-10-31(43-29)37(33-12-11-32(36)44-33)35-24(5)15-21(2)16-25(35)6/h7-19,42H,1-6H3/p+1. The van der Waals surface area contributed by atoms with Gasteiger partial charge in [0.1, 0.15) is 11.4 Å². The summed E-state index contributed by atoms with van der Waals surface area (Å²) in [5.41, 5.74) is 18.4. The van der Waals surface area contributed by atoms with Crippen LogP contribution in [0.25, 0.3) is 11.1 Å². The second kappa shape index (κ2) is 11.0. The van der Waals surface area contributed by atoms with Crippen molar-refractivity contribution in [1.29, 1.82) is 0 Å². The van der Waals surface area contributed by atoms with Crippen LogP contribution in [0.2, 0.25) is 0 Å². The Balaban J connectivity index is 1.55. The Kier molecular flexibility index (Phi) is 7.26. The molecule has 8 bridgehead atoms. The molecule has 218 valence electrons. The highest BCUT2D eigenvalue weighted by molar-refractivity contribution is 7.14. The van der Waals surface area contributed by atoms with Gasteiger partial charge in [0.05, 0.1) is 27.0 Å². The number of hydrogen-bond acceptors (Lipinski definition) is 2. The number of benzene rings is 2. The van der Waals surface area contributed by atoms with Gasteiger partial charge < -0.3 is 0 Å².